The first-order chi connectivity index (χ1) is 17.3. The van der Waals surface area contributed by atoms with Crippen molar-refractivity contribution in [3.8, 4) is 16.9 Å². The molecule has 5 nitrogen and oxygen atoms in total. The maximum absolute atomic E-state index is 13.2. The van der Waals surface area contributed by atoms with Gasteiger partial charge in [0.2, 0.25) is 0 Å². The molecule has 1 heterocycles. The molecule has 1 atom stereocenters. The van der Waals surface area contributed by atoms with Crippen molar-refractivity contribution in [3.05, 3.63) is 76.7 Å². The van der Waals surface area contributed by atoms with E-state index in [1.807, 2.05) is 13.8 Å². The summed E-state index contributed by atoms with van der Waals surface area (Å²) in [5.41, 5.74) is 0.0127. The summed E-state index contributed by atoms with van der Waals surface area (Å²) in [6, 6.07) is 11.2. The summed E-state index contributed by atoms with van der Waals surface area (Å²) in [5, 5.41) is 0.524. The summed E-state index contributed by atoms with van der Waals surface area (Å²) in [6.07, 6.45) is -0.442. The SMILES string of the molecule is C=CC(=O)OC(C)(C)C(C)c1ccc2cc(-c3ccc(CCCCC)cc3OC(F)(F)F)c(=O)oc2c1. The van der Waals surface area contributed by atoms with Gasteiger partial charge >= 0.3 is 18.0 Å². The largest absolute Gasteiger partial charge is 0.573 e. The van der Waals surface area contributed by atoms with Crippen molar-refractivity contribution < 1.29 is 31.9 Å². The van der Waals surface area contributed by atoms with Crippen molar-refractivity contribution in [2.24, 2.45) is 0 Å². The van der Waals surface area contributed by atoms with Gasteiger partial charge in [0.25, 0.3) is 0 Å². The van der Waals surface area contributed by atoms with E-state index in [0.29, 0.717) is 17.4 Å². The van der Waals surface area contributed by atoms with E-state index in [0.717, 1.165) is 30.9 Å². The predicted octanol–water partition coefficient (Wildman–Crippen LogP) is 7.70. The number of benzene rings is 2. The summed E-state index contributed by atoms with van der Waals surface area (Å²) in [5.74, 6) is -1.26. The second kappa shape index (κ2) is 11.2. The molecule has 0 radical (unpaired) electrons. The van der Waals surface area contributed by atoms with Crippen LogP contribution in [0, 0.1) is 0 Å². The number of ether oxygens (including phenoxy) is 2. The van der Waals surface area contributed by atoms with Gasteiger partial charge in [-0.1, -0.05) is 57.5 Å². The van der Waals surface area contributed by atoms with E-state index >= 15 is 0 Å². The third kappa shape index (κ3) is 7.02. The summed E-state index contributed by atoms with van der Waals surface area (Å²) in [4.78, 5) is 24.6. The highest BCUT2D eigenvalue weighted by Gasteiger charge is 2.33. The van der Waals surface area contributed by atoms with Crippen molar-refractivity contribution in [2.45, 2.75) is 71.3 Å². The molecular weight excluding hydrogens is 485 g/mol. The highest BCUT2D eigenvalue weighted by atomic mass is 19.4. The smallest absolute Gasteiger partial charge is 0.456 e. The van der Waals surface area contributed by atoms with Gasteiger partial charge < -0.3 is 13.9 Å². The van der Waals surface area contributed by atoms with Gasteiger partial charge in [0, 0.05) is 22.9 Å². The van der Waals surface area contributed by atoms with E-state index in [4.69, 9.17) is 9.15 Å². The number of alkyl halides is 3. The monoisotopic (exact) mass is 516 g/mol. The second-order valence-electron chi connectivity index (χ2n) is 9.53. The molecule has 0 aliphatic carbocycles. The third-order valence-corrected chi connectivity index (χ3v) is 6.46. The van der Waals surface area contributed by atoms with Crippen LogP contribution in [0.5, 0.6) is 5.75 Å². The Morgan fingerprint density at radius 1 is 1.08 bits per heavy atom. The van der Waals surface area contributed by atoms with Crippen LogP contribution >= 0.6 is 0 Å². The highest BCUT2D eigenvalue weighted by Crippen LogP contribution is 2.36. The molecule has 0 bridgehead atoms. The minimum atomic E-state index is -4.92. The molecule has 198 valence electrons. The van der Waals surface area contributed by atoms with E-state index in [1.54, 1.807) is 38.1 Å². The van der Waals surface area contributed by atoms with E-state index in [2.05, 4.69) is 11.3 Å². The average Bonchev–Trinajstić information content (AvgIpc) is 2.82. The number of esters is 1. The quantitative estimate of drug-likeness (QED) is 0.120. The normalized spacial score (nSPS) is 12.8. The average molecular weight is 517 g/mol. The Hall–Kier alpha value is -3.55. The van der Waals surface area contributed by atoms with Gasteiger partial charge in [0.05, 0.1) is 5.56 Å². The number of halogens is 3. The minimum Gasteiger partial charge on any atom is -0.456 e. The van der Waals surface area contributed by atoms with Crippen molar-refractivity contribution in [2.75, 3.05) is 0 Å². The van der Waals surface area contributed by atoms with Crippen molar-refractivity contribution in [3.63, 3.8) is 0 Å². The van der Waals surface area contributed by atoms with Crippen LogP contribution in [0.4, 0.5) is 13.2 Å². The first-order valence-corrected chi connectivity index (χ1v) is 12.2. The number of carbonyl (C=O) groups is 1. The van der Waals surface area contributed by atoms with Crippen molar-refractivity contribution in [1.82, 2.24) is 0 Å². The van der Waals surface area contributed by atoms with E-state index in [9.17, 15) is 22.8 Å². The van der Waals surface area contributed by atoms with Crippen LogP contribution in [-0.2, 0) is 16.0 Å². The Bertz CT molecular complexity index is 1340. The van der Waals surface area contributed by atoms with Crippen LogP contribution < -0.4 is 10.4 Å². The summed E-state index contributed by atoms with van der Waals surface area (Å²) in [7, 11) is 0. The lowest BCUT2D eigenvalue weighted by Gasteiger charge is -2.31. The molecule has 0 saturated carbocycles. The molecule has 37 heavy (non-hydrogen) atoms. The van der Waals surface area contributed by atoms with Gasteiger partial charge in [-0.15, -0.1) is 13.2 Å². The molecule has 1 aromatic heterocycles. The molecule has 0 N–H and O–H groups in total. The molecular formula is C29H31F3O5. The standard InChI is InChI=1S/C29H31F3O5/c1-6-8-9-10-19-11-14-22(25(15-19)36-29(30,31)32)23-16-21-13-12-20(17-24(21)35-27(23)34)18(3)28(4,5)37-26(33)7-2/h7,11-18H,2,6,8-10H2,1,3-5H3. The summed E-state index contributed by atoms with van der Waals surface area (Å²) in [6.45, 7) is 10.8. The molecule has 0 saturated heterocycles. The zero-order chi connectivity index (χ0) is 27.4. The number of aryl methyl sites for hydroxylation is 1. The molecule has 0 fully saturated rings. The number of fused-ring (bicyclic) bond motifs is 1. The Morgan fingerprint density at radius 3 is 2.46 bits per heavy atom. The Kier molecular flexibility index (Phi) is 8.51. The van der Waals surface area contributed by atoms with Gasteiger partial charge in [0.1, 0.15) is 16.9 Å². The fraction of sp³-hybridized carbons (Fsp3) is 0.379. The zero-order valence-corrected chi connectivity index (χ0v) is 21.4. The lowest BCUT2D eigenvalue weighted by Crippen LogP contribution is -2.33. The minimum absolute atomic E-state index is 0.00197. The molecule has 8 heteroatoms. The molecule has 3 aromatic rings. The molecule has 2 aromatic carbocycles. The van der Waals surface area contributed by atoms with Crippen LogP contribution in [0.1, 0.15) is 64.0 Å². The fourth-order valence-corrected chi connectivity index (χ4v) is 4.11. The zero-order valence-electron chi connectivity index (χ0n) is 21.4. The maximum Gasteiger partial charge on any atom is 0.573 e. The highest BCUT2D eigenvalue weighted by molar-refractivity contribution is 5.84. The summed E-state index contributed by atoms with van der Waals surface area (Å²) >= 11 is 0. The van der Waals surface area contributed by atoms with Crippen LogP contribution in [0.3, 0.4) is 0 Å². The van der Waals surface area contributed by atoms with Gasteiger partial charge in [-0.3, -0.25) is 0 Å². The number of unbranched alkanes of at least 4 members (excludes halogenated alkanes) is 2. The Balaban J connectivity index is 2.02. The lowest BCUT2D eigenvalue weighted by molar-refractivity contribution is -0.274. The van der Waals surface area contributed by atoms with Crippen LogP contribution in [0.25, 0.3) is 22.1 Å². The number of hydrogen-bond acceptors (Lipinski definition) is 5. The molecule has 3 rings (SSSR count). The van der Waals surface area contributed by atoms with E-state index in [1.165, 1.54) is 18.2 Å². The second-order valence-corrected chi connectivity index (χ2v) is 9.53. The van der Waals surface area contributed by atoms with Gasteiger partial charge in [-0.2, -0.15) is 0 Å². The van der Waals surface area contributed by atoms with E-state index in [-0.39, 0.29) is 22.6 Å². The number of carbonyl (C=O) groups excluding carboxylic acids is 1. The van der Waals surface area contributed by atoms with Crippen LogP contribution in [0.2, 0.25) is 0 Å². The van der Waals surface area contributed by atoms with Gasteiger partial charge in [-0.25, -0.2) is 9.59 Å². The molecule has 1 unspecified atom stereocenters. The van der Waals surface area contributed by atoms with Crippen LogP contribution in [-0.4, -0.2) is 17.9 Å². The first-order valence-electron chi connectivity index (χ1n) is 12.2. The van der Waals surface area contributed by atoms with Crippen LogP contribution in [0.15, 0.2) is 64.3 Å². The molecule has 0 aliphatic rings. The maximum atomic E-state index is 13.2. The number of rotatable bonds is 10. The first kappa shape index (κ1) is 28.0. The number of hydrogen-bond donors (Lipinski definition) is 0. The van der Waals surface area contributed by atoms with E-state index < -0.39 is 29.3 Å². The van der Waals surface area contributed by atoms with Gasteiger partial charge in [-0.05, 0) is 56.0 Å². The summed E-state index contributed by atoms with van der Waals surface area (Å²) < 4.78 is 54.8. The third-order valence-electron chi connectivity index (χ3n) is 6.46. The molecule has 0 amide bonds. The molecule has 0 aliphatic heterocycles. The predicted molar refractivity (Wildman–Crippen MR) is 137 cm³/mol. The molecule has 0 spiro atoms. The Morgan fingerprint density at radius 2 is 1.81 bits per heavy atom. The van der Waals surface area contributed by atoms with Gasteiger partial charge in [0.15, 0.2) is 0 Å². The Labute approximate surface area is 213 Å². The lowest BCUT2D eigenvalue weighted by atomic mass is 9.85. The fourth-order valence-electron chi connectivity index (χ4n) is 4.11. The van der Waals surface area contributed by atoms with Crippen molar-refractivity contribution >= 4 is 16.9 Å². The van der Waals surface area contributed by atoms with Crippen molar-refractivity contribution in [1.29, 1.82) is 0 Å². The topological polar surface area (TPSA) is 65.7 Å².